The molecule has 1 N–H and O–H groups in total. The van der Waals surface area contributed by atoms with E-state index in [1.165, 1.54) is 0 Å². The predicted molar refractivity (Wildman–Crippen MR) is 66.4 cm³/mol. The third-order valence-corrected chi connectivity index (χ3v) is 4.45. The molecule has 2 fully saturated rings. The van der Waals surface area contributed by atoms with Crippen molar-refractivity contribution in [3.05, 3.63) is 10.6 Å². The summed E-state index contributed by atoms with van der Waals surface area (Å²) in [4.78, 5) is 0. The number of halogens is 3. The number of hydrogen-bond acceptors (Lipinski definition) is 2. The summed E-state index contributed by atoms with van der Waals surface area (Å²) in [6.45, 7) is 0. The Morgan fingerprint density at radius 1 is 1.16 bits per heavy atom. The van der Waals surface area contributed by atoms with Gasteiger partial charge in [-0.3, -0.25) is 5.10 Å². The normalized spacial score (nSPS) is 28.6. The van der Waals surface area contributed by atoms with Crippen LogP contribution in [-0.2, 0) is 0 Å². The van der Waals surface area contributed by atoms with E-state index in [1.807, 2.05) is 4.57 Å². The minimum Gasteiger partial charge on any atom is -0.301 e. The van der Waals surface area contributed by atoms with E-state index in [1.54, 1.807) is 0 Å². The average Bonchev–Trinajstić information content (AvgIpc) is 3.11. The molecule has 106 valence electrons. The molecule has 2 atom stereocenters. The summed E-state index contributed by atoms with van der Waals surface area (Å²) in [7, 11) is 0. The largest absolute Gasteiger partial charge is 0.392 e. The van der Waals surface area contributed by atoms with Crippen molar-refractivity contribution in [1.82, 2.24) is 14.8 Å². The number of aromatic amines is 1. The molecule has 0 bridgehead atoms. The lowest BCUT2D eigenvalue weighted by Gasteiger charge is -2.32. The van der Waals surface area contributed by atoms with E-state index in [9.17, 15) is 13.2 Å². The summed E-state index contributed by atoms with van der Waals surface area (Å²) in [5, 5.41) is 6.79. The van der Waals surface area contributed by atoms with Gasteiger partial charge in [0.25, 0.3) is 0 Å². The minimum absolute atomic E-state index is 0.207. The summed E-state index contributed by atoms with van der Waals surface area (Å²) in [6, 6.07) is 0.261. The van der Waals surface area contributed by atoms with Crippen molar-refractivity contribution in [1.29, 1.82) is 0 Å². The lowest BCUT2D eigenvalue weighted by atomic mass is 9.78. The molecule has 1 heterocycles. The molecule has 0 radical (unpaired) electrons. The van der Waals surface area contributed by atoms with Crippen LogP contribution in [-0.4, -0.2) is 20.9 Å². The lowest BCUT2D eigenvalue weighted by Crippen LogP contribution is -2.33. The zero-order valence-corrected chi connectivity index (χ0v) is 11.2. The number of aromatic nitrogens is 3. The van der Waals surface area contributed by atoms with Crippen molar-refractivity contribution in [3.63, 3.8) is 0 Å². The molecule has 0 amide bonds. The fourth-order valence-electron chi connectivity index (χ4n) is 3.10. The van der Waals surface area contributed by atoms with Crippen LogP contribution in [0, 0.1) is 10.7 Å². The average molecular weight is 291 g/mol. The molecular formula is C12H16F3N3S. The molecule has 19 heavy (non-hydrogen) atoms. The van der Waals surface area contributed by atoms with E-state index in [0.717, 1.165) is 19.3 Å². The van der Waals surface area contributed by atoms with Crippen LogP contribution < -0.4 is 0 Å². The molecule has 2 saturated carbocycles. The molecule has 3 nitrogen and oxygen atoms in total. The molecule has 2 unspecified atom stereocenters. The fraction of sp³-hybridized carbons (Fsp3) is 0.833. The number of rotatable bonds is 2. The van der Waals surface area contributed by atoms with Gasteiger partial charge in [0, 0.05) is 12.0 Å². The standard InChI is InChI=1S/C12H16F3N3S/c13-12(14,15)9-4-2-1-3-8(9)10-16-17-11(19)18(10)7-5-6-7/h7-9H,1-6H2,(H,17,19). The number of hydrogen-bond donors (Lipinski definition) is 1. The molecule has 0 aromatic carbocycles. The van der Waals surface area contributed by atoms with Gasteiger partial charge >= 0.3 is 6.18 Å². The molecule has 2 aliphatic rings. The second-order valence-corrected chi connectivity index (χ2v) is 5.91. The van der Waals surface area contributed by atoms with Gasteiger partial charge in [-0.25, -0.2) is 0 Å². The highest BCUT2D eigenvalue weighted by Gasteiger charge is 2.48. The fourth-order valence-corrected chi connectivity index (χ4v) is 3.38. The highest BCUT2D eigenvalue weighted by Crippen LogP contribution is 2.47. The molecule has 0 aliphatic heterocycles. The topological polar surface area (TPSA) is 33.6 Å². The maximum atomic E-state index is 13.2. The molecule has 1 aromatic heterocycles. The van der Waals surface area contributed by atoms with Crippen LogP contribution in [0.25, 0.3) is 0 Å². The van der Waals surface area contributed by atoms with Crippen LogP contribution in [0.2, 0.25) is 0 Å². The number of alkyl halides is 3. The molecule has 3 rings (SSSR count). The SMILES string of the molecule is FC(F)(F)C1CCCCC1c1n[nH]c(=S)n1C1CC1. The van der Waals surface area contributed by atoms with Crippen LogP contribution in [0.15, 0.2) is 0 Å². The van der Waals surface area contributed by atoms with Crippen LogP contribution in [0.3, 0.4) is 0 Å². The van der Waals surface area contributed by atoms with Crippen LogP contribution in [0.5, 0.6) is 0 Å². The van der Waals surface area contributed by atoms with Gasteiger partial charge in [-0.15, -0.1) is 0 Å². The zero-order valence-electron chi connectivity index (χ0n) is 10.4. The van der Waals surface area contributed by atoms with Crippen molar-refractivity contribution >= 4 is 12.2 Å². The lowest BCUT2D eigenvalue weighted by molar-refractivity contribution is -0.188. The van der Waals surface area contributed by atoms with Crippen molar-refractivity contribution < 1.29 is 13.2 Å². The van der Waals surface area contributed by atoms with E-state index in [4.69, 9.17) is 12.2 Å². The zero-order chi connectivity index (χ0) is 13.6. The van der Waals surface area contributed by atoms with E-state index >= 15 is 0 Å². The molecule has 2 aliphatic carbocycles. The van der Waals surface area contributed by atoms with Gasteiger partial charge in [-0.05, 0) is 37.9 Å². The molecule has 7 heteroatoms. The van der Waals surface area contributed by atoms with E-state index in [-0.39, 0.29) is 12.5 Å². The van der Waals surface area contributed by atoms with Gasteiger partial charge in [-0.1, -0.05) is 12.8 Å². The third kappa shape index (κ3) is 2.44. The molecule has 0 spiro atoms. The van der Waals surface area contributed by atoms with Gasteiger partial charge in [0.2, 0.25) is 0 Å². The van der Waals surface area contributed by atoms with E-state index in [0.29, 0.717) is 23.4 Å². The Hall–Kier alpha value is -0.850. The Morgan fingerprint density at radius 2 is 1.84 bits per heavy atom. The summed E-state index contributed by atoms with van der Waals surface area (Å²) < 4.78 is 41.8. The summed E-state index contributed by atoms with van der Waals surface area (Å²) in [5.41, 5.74) is 0. The maximum Gasteiger partial charge on any atom is 0.392 e. The van der Waals surface area contributed by atoms with E-state index in [2.05, 4.69) is 10.2 Å². The maximum absolute atomic E-state index is 13.2. The molecule has 1 aromatic rings. The van der Waals surface area contributed by atoms with Crippen LogP contribution in [0.1, 0.15) is 56.3 Å². The molecular weight excluding hydrogens is 275 g/mol. The summed E-state index contributed by atoms with van der Waals surface area (Å²) >= 11 is 5.15. The highest BCUT2D eigenvalue weighted by atomic mass is 32.1. The first-order valence-corrected chi connectivity index (χ1v) is 7.13. The smallest absolute Gasteiger partial charge is 0.301 e. The van der Waals surface area contributed by atoms with Crippen molar-refractivity contribution in [2.45, 2.75) is 56.7 Å². The Kier molecular flexibility index (Phi) is 3.19. The van der Waals surface area contributed by atoms with Crippen LogP contribution in [0.4, 0.5) is 13.2 Å². The number of nitrogens with zero attached hydrogens (tertiary/aromatic N) is 2. The van der Waals surface area contributed by atoms with Crippen molar-refractivity contribution in [2.24, 2.45) is 5.92 Å². The quantitative estimate of drug-likeness (QED) is 0.832. The predicted octanol–water partition coefficient (Wildman–Crippen LogP) is 4.11. The Morgan fingerprint density at radius 3 is 2.47 bits per heavy atom. The van der Waals surface area contributed by atoms with Crippen molar-refractivity contribution in [3.8, 4) is 0 Å². The highest BCUT2D eigenvalue weighted by molar-refractivity contribution is 7.71. The van der Waals surface area contributed by atoms with Crippen LogP contribution >= 0.6 is 12.2 Å². The Labute approximate surface area is 114 Å². The first-order valence-electron chi connectivity index (χ1n) is 6.72. The Bertz CT molecular complexity index is 515. The molecule has 0 saturated heterocycles. The van der Waals surface area contributed by atoms with Gasteiger partial charge in [0.15, 0.2) is 4.77 Å². The van der Waals surface area contributed by atoms with Gasteiger partial charge < -0.3 is 4.57 Å². The third-order valence-electron chi connectivity index (χ3n) is 4.16. The summed E-state index contributed by atoms with van der Waals surface area (Å²) in [5.74, 6) is -1.29. The van der Waals surface area contributed by atoms with Gasteiger partial charge in [-0.2, -0.15) is 18.3 Å². The van der Waals surface area contributed by atoms with E-state index < -0.39 is 18.0 Å². The first kappa shape index (κ1) is 13.1. The number of nitrogens with one attached hydrogen (secondary N) is 1. The Balaban J connectivity index is 1.97. The number of H-pyrrole nitrogens is 1. The second kappa shape index (κ2) is 4.61. The van der Waals surface area contributed by atoms with Gasteiger partial charge in [0.1, 0.15) is 5.82 Å². The summed E-state index contributed by atoms with van der Waals surface area (Å²) in [6.07, 6.45) is 0.0767. The first-order chi connectivity index (χ1) is 8.98. The van der Waals surface area contributed by atoms with Gasteiger partial charge in [0.05, 0.1) is 5.92 Å². The van der Waals surface area contributed by atoms with Crippen molar-refractivity contribution in [2.75, 3.05) is 0 Å². The minimum atomic E-state index is -4.15. The monoisotopic (exact) mass is 291 g/mol. The second-order valence-electron chi connectivity index (χ2n) is 5.53.